The van der Waals surface area contributed by atoms with E-state index in [9.17, 15) is 4.79 Å². The Kier molecular flexibility index (Phi) is 30.8. The molecule has 0 unspecified atom stereocenters. The number of carbonyl (C=O) groups is 1. The number of hydrogen-bond acceptors (Lipinski definition) is 5. The van der Waals surface area contributed by atoms with E-state index in [1.165, 1.54) is 38.5 Å². The molecule has 0 radical (unpaired) electrons. The number of halogens is 1. The van der Waals surface area contributed by atoms with Gasteiger partial charge in [0, 0.05) is 12.1 Å². The van der Waals surface area contributed by atoms with E-state index >= 15 is 0 Å². The predicted molar refractivity (Wildman–Crippen MR) is 153 cm³/mol. The van der Waals surface area contributed by atoms with Gasteiger partial charge in [0.1, 0.15) is 0 Å². The summed E-state index contributed by atoms with van der Waals surface area (Å²) in [6.07, 6.45) is 14.9. The zero-order valence-corrected chi connectivity index (χ0v) is 25.1. The first-order valence-corrected chi connectivity index (χ1v) is 15.1. The Morgan fingerprint density at radius 1 is 1.12 bits per heavy atom. The molecule has 0 atom stereocenters. The molecule has 0 spiro atoms. The van der Waals surface area contributed by atoms with Crippen LogP contribution in [0.15, 0.2) is 16.0 Å². The molecule has 1 heterocycles. The van der Waals surface area contributed by atoms with Crippen LogP contribution in [0.1, 0.15) is 98.3 Å². The van der Waals surface area contributed by atoms with Gasteiger partial charge in [-0.2, -0.15) is 26.3 Å². The van der Waals surface area contributed by atoms with Crippen molar-refractivity contribution in [2.24, 2.45) is 4.40 Å². The molecule has 0 bridgehead atoms. The van der Waals surface area contributed by atoms with Crippen molar-refractivity contribution in [2.45, 2.75) is 98.3 Å². The van der Waals surface area contributed by atoms with E-state index in [-0.39, 0.29) is 53.0 Å². The van der Waals surface area contributed by atoms with Gasteiger partial charge >= 0.3 is 18.9 Å². The Bertz CT molecular complexity index is 566. The van der Waals surface area contributed by atoms with Crippen LogP contribution in [0.5, 0.6) is 0 Å². The third-order valence-electron chi connectivity index (χ3n) is 4.29. The number of ether oxygens (including phenoxy) is 2. The van der Waals surface area contributed by atoms with Crippen LogP contribution < -0.4 is 18.9 Å². The smallest absolute Gasteiger partial charge is 0.634 e. The molecule has 4 nitrogen and oxygen atoms in total. The van der Waals surface area contributed by atoms with Gasteiger partial charge in [-0.15, -0.1) is 6.10 Å². The van der Waals surface area contributed by atoms with Crippen LogP contribution in [0.25, 0.3) is 0 Å². The van der Waals surface area contributed by atoms with Crippen molar-refractivity contribution >= 4 is 48.1 Å². The van der Waals surface area contributed by atoms with E-state index in [1.807, 2.05) is 6.08 Å². The summed E-state index contributed by atoms with van der Waals surface area (Å²) in [7, 11) is 0. The zero-order chi connectivity index (χ0) is 23.3. The fourth-order valence-electron chi connectivity index (χ4n) is 2.67. The molecular formula is C26H46ILiNO3S-3. The molecule has 33 heavy (non-hydrogen) atoms. The fourth-order valence-corrected chi connectivity index (χ4v) is 6.31. The molecule has 190 valence electrons. The topological polar surface area (TPSA) is 47.9 Å². The average Bonchev–Trinajstić information content (AvgIpc) is 2.74. The number of alkyl halides is 1. The quantitative estimate of drug-likeness (QED) is 0.0474. The van der Waals surface area contributed by atoms with E-state index in [1.54, 1.807) is 25.8 Å². The number of carbonyl (C=O) groups excluding carboxylic acids is 1. The van der Waals surface area contributed by atoms with Crippen LogP contribution in [0, 0.1) is 27.4 Å². The summed E-state index contributed by atoms with van der Waals surface area (Å²) in [5, 5.41) is 0. The molecule has 0 aromatic rings. The number of esters is 1. The van der Waals surface area contributed by atoms with Crippen molar-refractivity contribution in [3.05, 3.63) is 39.0 Å². The minimum Gasteiger partial charge on any atom is -0.634 e. The van der Waals surface area contributed by atoms with E-state index in [0.717, 1.165) is 57.1 Å². The van der Waals surface area contributed by atoms with Crippen molar-refractivity contribution < 1.29 is 33.1 Å². The molecular weight excluding hydrogens is 540 g/mol. The summed E-state index contributed by atoms with van der Waals surface area (Å²) in [5.41, 5.74) is 1.96. The first-order valence-electron chi connectivity index (χ1n) is 11.6. The number of hydrogen-bond donors (Lipinski definition) is 0. The van der Waals surface area contributed by atoms with Crippen molar-refractivity contribution in [3.63, 3.8) is 0 Å². The van der Waals surface area contributed by atoms with Gasteiger partial charge in [0.05, 0.1) is 14.1 Å². The third-order valence-corrected chi connectivity index (χ3v) is 8.09. The molecule has 0 fully saturated rings. The Labute approximate surface area is 232 Å². The first kappa shape index (κ1) is 37.8. The molecule has 0 aliphatic carbocycles. The minimum atomic E-state index is -0.0866. The van der Waals surface area contributed by atoms with Crippen LogP contribution in [0.4, 0.5) is 0 Å². The summed E-state index contributed by atoms with van der Waals surface area (Å²) in [6, 6.07) is 0. The van der Waals surface area contributed by atoms with Crippen molar-refractivity contribution in [2.75, 3.05) is 10.4 Å². The van der Waals surface area contributed by atoms with Crippen LogP contribution in [-0.2, 0) is 14.3 Å². The number of rotatable bonds is 15. The first-order chi connectivity index (χ1) is 15.0. The van der Waals surface area contributed by atoms with E-state index in [4.69, 9.17) is 9.47 Å². The summed E-state index contributed by atoms with van der Waals surface area (Å²) in [6.45, 7) is 16.7. The van der Waals surface area contributed by atoms with Gasteiger partial charge < -0.3 is 23.8 Å². The maximum absolute atomic E-state index is 11.0. The van der Waals surface area contributed by atoms with Crippen LogP contribution in [0.2, 0.25) is 0 Å². The van der Waals surface area contributed by atoms with Crippen LogP contribution >= 0.6 is 32.7 Å². The predicted octanol–water partition coefficient (Wildman–Crippen LogP) is 5.65. The van der Waals surface area contributed by atoms with Crippen LogP contribution in [-0.4, -0.2) is 25.7 Å². The molecule has 0 aromatic carbocycles. The van der Waals surface area contributed by atoms with Gasteiger partial charge in [0.15, 0.2) is 0 Å². The van der Waals surface area contributed by atoms with Crippen molar-refractivity contribution in [1.82, 2.24) is 0 Å². The summed E-state index contributed by atoms with van der Waals surface area (Å²) >= 11 is 1.61. The summed E-state index contributed by atoms with van der Waals surface area (Å²) in [5.74, 6) is -0.0866. The number of nitrogens with zero attached hydrogens (tertiary/aromatic N) is 1. The van der Waals surface area contributed by atoms with Gasteiger partial charge in [0.2, 0.25) is 0 Å². The fraction of sp³-hybridized carbons (Fsp3) is 0.654. The maximum Gasteiger partial charge on any atom is 1.00 e. The second kappa shape index (κ2) is 26.9. The standard InChI is InChI=1S/C14H22INOS.C11H21O2.CH3.Li/c1-4-6-7-8-10-17-14-13(12(3)9-5-2)16-18-11-15-14;1-4-5-6-7-8-9-11(12)13-10(2)3;;/h9H,2-8,10-11H2,1H3;4-9H2,1-3H3;1H3;/q-2;2*-1;+1/b12-9+;;;. The summed E-state index contributed by atoms with van der Waals surface area (Å²) < 4.78 is 17.6. The van der Waals surface area contributed by atoms with Gasteiger partial charge in [-0.3, -0.25) is 9.19 Å². The molecule has 1 aliphatic heterocycles. The second-order valence-corrected chi connectivity index (χ2v) is 11.8. The van der Waals surface area contributed by atoms with Gasteiger partial charge in [-0.05, 0) is 24.8 Å². The van der Waals surface area contributed by atoms with E-state index < -0.39 is 0 Å². The molecule has 7 heteroatoms. The van der Waals surface area contributed by atoms with Crippen LogP contribution in [0.3, 0.4) is 0 Å². The molecule has 1 rings (SSSR count). The van der Waals surface area contributed by atoms with Gasteiger partial charge in [0.25, 0.3) is 5.97 Å². The Morgan fingerprint density at radius 3 is 2.30 bits per heavy atom. The molecule has 0 saturated heterocycles. The Balaban J connectivity index is -0.000000540. The largest absolute Gasteiger partial charge is 1.00 e. The third kappa shape index (κ3) is 22.5. The average molecular weight is 587 g/mol. The molecule has 0 aromatic heterocycles. The van der Waals surface area contributed by atoms with Crippen molar-refractivity contribution in [3.8, 4) is 0 Å². The SMILES string of the molecule is CCCCCCCC(=O)O[C-](C)C.[CH2-]C/C=C(\[CH2-])C1=NSCI=C1OCCCCCC.[CH3-].[Li+]. The minimum absolute atomic E-state index is 0. The molecule has 0 saturated carbocycles. The van der Waals surface area contributed by atoms with E-state index in [2.05, 4.69) is 32.1 Å². The van der Waals surface area contributed by atoms with Gasteiger partial charge in [-0.25, -0.2) is 12.5 Å². The molecule has 1 aliphatic rings. The van der Waals surface area contributed by atoms with Gasteiger partial charge in [-0.1, -0.05) is 79.5 Å². The summed E-state index contributed by atoms with van der Waals surface area (Å²) in [4.78, 5) is 11.0. The normalized spacial score (nSPS) is 13.3. The van der Waals surface area contributed by atoms with E-state index in [0.29, 0.717) is 6.42 Å². The Hall–Kier alpha value is 0.257. The zero-order valence-electron chi connectivity index (χ0n) is 22.1. The number of allylic oxidation sites excluding steroid dienone is 1. The second-order valence-electron chi connectivity index (χ2n) is 7.56. The molecule has 0 amide bonds. The monoisotopic (exact) mass is 586 g/mol. The Morgan fingerprint density at radius 2 is 1.73 bits per heavy atom. The molecule has 0 N–H and O–H groups in total. The maximum atomic E-state index is 11.0. The number of unbranched alkanes of at least 4 members (excludes halogenated alkanes) is 7. The van der Waals surface area contributed by atoms with Crippen molar-refractivity contribution in [1.29, 1.82) is 0 Å².